The number of carbonyl (C=O) groups is 2. The van der Waals surface area contributed by atoms with E-state index in [2.05, 4.69) is 6.07 Å². The Balaban J connectivity index is 1.51. The van der Waals surface area contributed by atoms with Crippen LogP contribution in [-0.4, -0.2) is 54.9 Å². The molecule has 0 N–H and O–H groups in total. The molecule has 7 heteroatoms. The van der Waals surface area contributed by atoms with Crippen LogP contribution >= 0.6 is 11.3 Å². The van der Waals surface area contributed by atoms with Crippen LogP contribution in [0.2, 0.25) is 0 Å². The monoisotopic (exact) mass is 480 g/mol. The number of hydrogen-bond acceptors (Lipinski definition) is 4. The number of benzene rings is 2. The number of rotatable bonds is 7. The number of likely N-dealkylation sites (N-methyl/N-ethyl adjacent to an activating group) is 1. The van der Waals surface area contributed by atoms with E-state index < -0.39 is 5.82 Å². The number of carbonyl (C=O) groups excluding carboxylic acids is 2. The molecule has 0 radical (unpaired) electrons. The lowest BCUT2D eigenvalue weighted by molar-refractivity contribution is 0.0520. The molecule has 0 aliphatic carbocycles. The highest BCUT2D eigenvalue weighted by Gasteiger charge is 2.33. The van der Waals surface area contributed by atoms with Gasteiger partial charge in [0.1, 0.15) is 11.6 Å². The van der Waals surface area contributed by atoms with Gasteiger partial charge < -0.3 is 14.5 Å². The van der Waals surface area contributed by atoms with Crippen molar-refractivity contribution >= 4 is 23.2 Å². The van der Waals surface area contributed by atoms with Gasteiger partial charge in [0, 0.05) is 31.6 Å². The van der Waals surface area contributed by atoms with Crippen molar-refractivity contribution < 1.29 is 18.7 Å². The van der Waals surface area contributed by atoms with Gasteiger partial charge in [0.05, 0.1) is 18.2 Å². The minimum absolute atomic E-state index is 0.000918. The molecule has 0 saturated carbocycles. The third-order valence-corrected chi connectivity index (χ3v) is 7.32. The van der Waals surface area contributed by atoms with E-state index in [1.165, 1.54) is 23.5 Å². The van der Waals surface area contributed by atoms with Crippen LogP contribution < -0.4 is 4.74 Å². The van der Waals surface area contributed by atoms with E-state index in [1.807, 2.05) is 47.0 Å². The van der Waals surface area contributed by atoms with Gasteiger partial charge in [0.2, 0.25) is 0 Å². The molecular weight excluding hydrogens is 451 g/mol. The molecule has 178 valence electrons. The molecule has 2 aromatic carbocycles. The molecule has 1 saturated heterocycles. The van der Waals surface area contributed by atoms with Gasteiger partial charge in [0.15, 0.2) is 0 Å². The maximum Gasteiger partial charge on any atom is 0.256 e. The van der Waals surface area contributed by atoms with E-state index in [0.717, 1.165) is 24.2 Å². The Kier molecular flexibility index (Phi) is 7.63. The van der Waals surface area contributed by atoms with Gasteiger partial charge in [-0.2, -0.15) is 11.3 Å². The summed E-state index contributed by atoms with van der Waals surface area (Å²) in [6, 6.07) is 15.8. The van der Waals surface area contributed by atoms with Crippen LogP contribution in [0.4, 0.5) is 4.39 Å². The van der Waals surface area contributed by atoms with Gasteiger partial charge in [-0.3, -0.25) is 9.59 Å². The molecule has 34 heavy (non-hydrogen) atoms. The van der Waals surface area contributed by atoms with E-state index >= 15 is 0 Å². The highest BCUT2D eigenvalue weighted by molar-refractivity contribution is 7.08. The molecule has 2 amide bonds. The number of ether oxygens (including phenoxy) is 1. The average Bonchev–Trinajstić information content (AvgIpc) is 3.42. The van der Waals surface area contributed by atoms with Gasteiger partial charge in [-0.1, -0.05) is 24.3 Å². The Hall–Kier alpha value is -3.19. The van der Waals surface area contributed by atoms with Gasteiger partial charge in [0.25, 0.3) is 11.8 Å². The average molecular weight is 481 g/mol. The molecule has 0 spiro atoms. The molecule has 0 bridgehead atoms. The van der Waals surface area contributed by atoms with E-state index in [1.54, 1.807) is 24.1 Å². The number of piperidine rings is 1. The van der Waals surface area contributed by atoms with Crippen molar-refractivity contribution in [3.8, 4) is 5.75 Å². The number of amides is 2. The van der Waals surface area contributed by atoms with Crippen LogP contribution in [-0.2, 0) is 6.42 Å². The molecule has 1 aromatic heterocycles. The first kappa shape index (κ1) is 24.0. The SMILES string of the molecule is COc1cccc(C[C@H](C2CCN(C(=O)c3ccccc3F)CC2)N(C)C(=O)c2ccsc2)c1. The lowest BCUT2D eigenvalue weighted by Gasteiger charge is -2.40. The minimum atomic E-state index is -0.494. The van der Waals surface area contributed by atoms with Gasteiger partial charge in [-0.05, 0) is 66.5 Å². The first-order valence-corrected chi connectivity index (χ1v) is 12.4. The summed E-state index contributed by atoms with van der Waals surface area (Å²) in [5.41, 5.74) is 1.90. The summed E-state index contributed by atoms with van der Waals surface area (Å²) in [4.78, 5) is 29.6. The summed E-state index contributed by atoms with van der Waals surface area (Å²) < 4.78 is 19.5. The second-order valence-corrected chi connectivity index (χ2v) is 9.44. The van der Waals surface area contributed by atoms with Crippen molar-refractivity contribution in [1.29, 1.82) is 0 Å². The first-order chi connectivity index (χ1) is 16.5. The number of nitrogens with zero attached hydrogens (tertiary/aromatic N) is 2. The standard InChI is InChI=1S/C27H29FN2O3S/c1-29(26(31)21-12-15-34-18-21)25(17-19-6-5-7-22(16-19)33-2)20-10-13-30(14-11-20)27(32)23-8-3-4-9-24(23)28/h3-9,12,15-16,18,20,25H,10-11,13-14,17H2,1-2H3/t25-/m1/s1. The van der Waals surface area contributed by atoms with Crippen molar-refractivity contribution in [2.45, 2.75) is 25.3 Å². The van der Waals surface area contributed by atoms with E-state index in [-0.39, 0.29) is 29.3 Å². The second-order valence-electron chi connectivity index (χ2n) is 8.66. The predicted octanol–water partition coefficient (Wildman–Crippen LogP) is 5.13. The summed E-state index contributed by atoms with van der Waals surface area (Å²) in [6.45, 7) is 1.07. The van der Waals surface area contributed by atoms with E-state index in [0.29, 0.717) is 25.1 Å². The number of halogens is 1. The zero-order chi connectivity index (χ0) is 24.1. The summed E-state index contributed by atoms with van der Waals surface area (Å²) in [6.07, 6.45) is 2.18. The van der Waals surface area contributed by atoms with Gasteiger partial charge >= 0.3 is 0 Å². The molecule has 1 aliphatic rings. The zero-order valence-corrected chi connectivity index (χ0v) is 20.3. The fourth-order valence-electron chi connectivity index (χ4n) is 4.69. The molecule has 3 aromatic rings. The van der Waals surface area contributed by atoms with E-state index in [9.17, 15) is 14.0 Å². The van der Waals surface area contributed by atoms with Crippen LogP contribution in [0.3, 0.4) is 0 Å². The van der Waals surface area contributed by atoms with Crippen LogP contribution in [0, 0.1) is 11.7 Å². The van der Waals surface area contributed by atoms with E-state index in [4.69, 9.17) is 4.74 Å². The van der Waals surface area contributed by atoms with Crippen LogP contribution in [0.1, 0.15) is 39.1 Å². The number of likely N-dealkylation sites (tertiary alicyclic amines) is 1. The Bertz CT molecular complexity index is 1130. The normalized spacial score (nSPS) is 15.1. The summed E-state index contributed by atoms with van der Waals surface area (Å²) in [7, 11) is 3.51. The quantitative estimate of drug-likeness (QED) is 0.471. The largest absolute Gasteiger partial charge is 0.497 e. The lowest BCUT2D eigenvalue weighted by Crippen LogP contribution is -2.48. The Labute approximate surface area is 203 Å². The molecule has 1 aliphatic heterocycles. The minimum Gasteiger partial charge on any atom is -0.497 e. The van der Waals surface area contributed by atoms with Crippen molar-refractivity contribution in [2.75, 3.05) is 27.2 Å². The summed E-state index contributed by atoms with van der Waals surface area (Å²) in [5, 5.41) is 3.78. The number of thiophene rings is 1. The third kappa shape index (κ3) is 5.30. The second kappa shape index (κ2) is 10.8. The summed E-state index contributed by atoms with van der Waals surface area (Å²) >= 11 is 1.51. The maximum absolute atomic E-state index is 14.1. The van der Waals surface area contributed by atoms with Crippen LogP contribution in [0.15, 0.2) is 65.4 Å². The fourth-order valence-corrected chi connectivity index (χ4v) is 5.32. The molecular formula is C27H29FN2O3S. The van der Waals surface area contributed by atoms with Crippen molar-refractivity contribution in [3.05, 3.63) is 87.9 Å². The van der Waals surface area contributed by atoms with Crippen LogP contribution in [0.5, 0.6) is 5.75 Å². The lowest BCUT2D eigenvalue weighted by atomic mass is 9.84. The Morgan fingerprint density at radius 2 is 1.91 bits per heavy atom. The van der Waals surface area contributed by atoms with Crippen molar-refractivity contribution in [2.24, 2.45) is 5.92 Å². The van der Waals surface area contributed by atoms with Crippen molar-refractivity contribution in [3.63, 3.8) is 0 Å². The predicted molar refractivity (Wildman–Crippen MR) is 132 cm³/mol. The highest BCUT2D eigenvalue weighted by Crippen LogP contribution is 2.29. The Morgan fingerprint density at radius 3 is 2.59 bits per heavy atom. The molecule has 4 rings (SSSR count). The topological polar surface area (TPSA) is 49.9 Å². The fraction of sp³-hybridized carbons (Fsp3) is 0.333. The smallest absolute Gasteiger partial charge is 0.256 e. The highest BCUT2D eigenvalue weighted by atomic mass is 32.1. The first-order valence-electron chi connectivity index (χ1n) is 11.4. The number of methoxy groups -OCH3 is 1. The third-order valence-electron chi connectivity index (χ3n) is 6.64. The Morgan fingerprint density at radius 1 is 1.15 bits per heavy atom. The zero-order valence-electron chi connectivity index (χ0n) is 19.4. The van der Waals surface area contributed by atoms with Gasteiger partial charge in [-0.15, -0.1) is 0 Å². The molecule has 5 nitrogen and oxygen atoms in total. The molecule has 0 unspecified atom stereocenters. The molecule has 2 heterocycles. The van der Waals surface area contributed by atoms with Gasteiger partial charge in [-0.25, -0.2) is 4.39 Å². The molecule has 1 atom stereocenters. The summed E-state index contributed by atoms with van der Waals surface area (Å²) in [5.74, 6) is 0.228. The number of hydrogen-bond donors (Lipinski definition) is 0. The van der Waals surface area contributed by atoms with Crippen molar-refractivity contribution in [1.82, 2.24) is 9.80 Å². The maximum atomic E-state index is 14.1. The van der Waals surface area contributed by atoms with Crippen LogP contribution in [0.25, 0.3) is 0 Å². The molecule has 1 fully saturated rings.